The number of anilines is 1. The Balaban J connectivity index is 1.42. The Labute approximate surface area is 186 Å². The third kappa shape index (κ3) is 4.90. The predicted molar refractivity (Wildman–Crippen MR) is 114 cm³/mol. The molecule has 4 aromatic rings. The highest BCUT2D eigenvalue weighted by Crippen LogP contribution is 2.29. The van der Waals surface area contributed by atoms with E-state index in [1.165, 1.54) is 12.1 Å². The van der Waals surface area contributed by atoms with Gasteiger partial charge >= 0.3 is 6.36 Å². The number of hydrogen-bond donors (Lipinski definition) is 1. The van der Waals surface area contributed by atoms with Crippen LogP contribution in [0.25, 0.3) is 22.1 Å². The number of rotatable bonds is 5. The Morgan fingerprint density at radius 1 is 1.19 bits per heavy atom. The van der Waals surface area contributed by atoms with Crippen LogP contribution in [-0.2, 0) is 11.8 Å². The molecule has 0 saturated carbocycles. The molecule has 160 valence electrons. The van der Waals surface area contributed by atoms with Crippen molar-refractivity contribution in [3.8, 4) is 5.75 Å². The average molecular weight is 512 g/mol. The van der Waals surface area contributed by atoms with Crippen LogP contribution < -0.4 is 10.1 Å². The number of amides is 1. The van der Waals surface area contributed by atoms with E-state index in [0.717, 1.165) is 39.3 Å². The molecule has 4 rings (SSSR count). The van der Waals surface area contributed by atoms with Crippen LogP contribution in [0.1, 0.15) is 0 Å². The number of nitrogens with zero attached hydrogens (tertiary/aromatic N) is 4. The molecule has 0 bridgehead atoms. The molecule has 0 spiro atoms. The van der Waals surface area contributed by atoms with Crippen molar-refractivity contribution in [1.29, 1.82) is 0 Å². The molecule has 0 radical (unpaired) electrons. The van der Waals surface area contributed by atoms with Crippen molar-refractivity contribution in [3.63, 3.8) is 0 Å². The average Bonchev–Trinajstić information content (AvgIpc) is 2.98. The lowest BCUT2D eigenvalue weighted by Gasteiger charge is -2.09. The summed E-state index contributed by atoms with van der Waals surface area (Å²) in [5.74, 6) is -0.725. The van der Waals surface area contributed by atoms with Crippen LogP contribution in [0.5, 0.6) is 5.75 Å². The second-order valence-corrected chi connectivity index (χ2v) is 8.25. The molecule has 2 aromatic heterocycles. The zero-order valence-electron chi connectivity index (χ0n) is 15.8. The number of nitrogens with one attached hydrogen (secondary N) is 1. The van der Waals surface area contributed by atoms with Gasteiger partial charge in [0.1, 0.15) is 11.3 Å². The van der Waals surface area contributed by atoms with Crippen LogP contribution in [-0.4, -0.2) is 37.8 Å². The molecule has 0 aliphatic carbocycles. The summed E-state index contributed by atoms with van der Waals surface area (Å²) >= 11 is 4.55. The summed E-state index contributed by atoms with van der Waals surface area (Å²) in [5, 5.41) is 12.2. The number of fused-ring (bicyclic) bond motifs is 3. The van der Waals surface area contributed by atoms with E-state index in [1.54, 1.807) is 0 Å². The third-order valence-corrected chi connectivity index (χ3v) is 5.58. The first kappa shape index (κ1) is 21.4. The number of ether oxygens (including phenoxy) is 1. The molecule has 0 aliphatic heterocycles. The normalized spacial score (nSPS) is 11.8. The van der Waals surface area contributed by atoms with Crippen LogP contribution in [0.4, 0.5) is 18.9 Å². The number of hydrogen-bond acceptors (Lipinski definition) is 6. The lowest BCUT2D eigenvalue weighted by Crippen LogP contribution is -2.17. The fraction of sp³-hybridized carbons (Fsp3) is 0.158. The molecule has 0 aliphatic rings. The Morgan fingerprint density at radius 2 is 1.94 bits per heavy atom. The zero-order valence-corrected chi connectivity index (χ0v) is 18.2. The fourth-order valence-electron chi connectivity index (χ4n) is 2.94. The van der Waals surface area contributed by atoms with Gasteiger partial charge in [-0.2, -0.15) is 0 Å². The van der Waals surface area contributed by atoms with E-state index in [2.05, 4.69) is 41.2 Å². The van der Waals surface area contributed by atoms with Crippen molar-refractivity contribution in [2.75, 3.05) is 11.1 Å². The Morgan fingerprint density at radius 3 is 2.65 bits per heavy atom. The molecule has 1 amide bonds. The molecule has 0 saturated heterocycles. The second kappa shape index (κ2) is 8.35. The van der Waals surface area contributed by atoms with E-state index in [-0.39, 0.29) is 17.4 Å². The van der Waals surface area contributed by atoms with Crippen molar-refractivity contribution < 1.29 is 22.7 Å². The third-order valence-electron chi connectivity index (χ3n) is 4.25. The van der Waals surface area contributed by atoms with Gasteiger partial charge in [0.15, 0.2) is 5.65 Å². The van der Waals surface area contributed by atoms with Gasteiger partial charge in [0.2, 0.25) is 11.1 Å². The first-order valence-electron chi connectivity index (χ1n) is 8.76. The summed E-state index contributed by atoms with van der Waals surface area (Å²) in [6, 6.07) is 10.7. The molecule has 0 unspecified atom stereocenters. The lowest BCUT2D eigenvalue weighted by atomic mass is 10.2. The first-order valence-corrected chi connectivity index (χ1v) is 10.5. The molecule has 0 fully saturated rings. The van der Waals surface area contributed by atoms with Gasteiger partial charge in [0.05, 0.1) is 11.3 Å². The van der Waals surface area contributed by atoms with E-state index in [0.29, 0.717) is 22.0 Å². The summed E-state index contributed by atoms with van der Waals surface area (Å²) < 4.78 is 43.2. The first-order chi connectivity index (χ1) is 14.7. The van der Waals surface area contributed by atoms with Crippen LogP contribution >= 0.6 is 27.7 Å². The minimum Gasteiger partial charge on any atom is -0.406 e. The molecular formula is C19H13BrF3N5O2S. The van der Waals surface area contributed by atoms with Crippen molar-refractivity contribution >= 4 is 61.4 Å². The molecular weight excluding hydrogens is 499 g/mol. The van der Waals surface area contributed by atoms with E-state index in [1.807, 2.05) is 29.8 Å². The highest BCUT2D eigenvalue weighted by atomic mass is 79.9. The van der Waals surface area contributed by atoms with E-state index >= 15 is 0 Å². The second-order valence-electron chi connectivity index (χ2n) is 6.40. The van der Waals surface area contributed by atoms with Crippen LogP contribution in [0.15, 0.2) is 52.1 Å². The van der Waals surface area contributed by atoms with Gasteiger partial charge in [-0.05, 0) is 42.5 Å². The quantitative estimate of drug-likeness (QED) is 0.383. The Bertz CT molecular complexity index is 1280. The number of benzene rings is 2. The largest absolute Gasteiger partial charge is 0.573 e. The molecule has 12 heteroatoms. The number of alkyl halides is 3. The van der Waals surface area contributed by atoms with E-state index < -0.39 is 6.36 Å². The van der Waals surface area contributed by atoms with Crippen molar-refractivity contribution in [3.05, 3.63) is 46.9 Å². The van der Waals surface area contributed by atoms with Gasteiger partial charge < -0.3 is 14.6 Å². The monoisotopic (exact) mass is 511 g/mol. The van der Waals surface area contributed by atoms with Crippen LogP contribution in [0.2, 0.25) is 0 Å². The van der Waals surface area contributed by atoms with Crippen molar-refractivity contribution in [2.24, 2.45) is 7.05 Å². The van der Waals surface area contributed by atoms with Gasteiger partial charge in [-0.25, -0.2) is 4.98 Å². The number of aromatic nitrogens is 4. The van der Waals surface area contributed by atoms with Crippen molar-refractivity contribution in [1.82, 2.24) is 19.7 Å². The maximum atomic E-state index is 12.2. The summed E-state index contributed by atoms with van der Waals surface area (Å²) in [6.07, 6.45) is -4.77. The number of carbonyl (C=O) groups is 1. The van der Waals surface area contributed by atoms with E-state index in [9.17, 15) is 18.0 Å². The van der Waals surface area contributed by atoms with Crippen LogP contribution in [0, 0.1) is 0 Å². The Hall–Kier alpha value is -2.86. The van der Waals surface area contributed by atoms with Gasteiger partial charge in [-0.1, -0.05) is 27.7 Å². The van der Waals surface area contributed by atoms with Gasteiger partial charge in [-0.3, -0.25) is 4.79 Å². The lowest BCUT2D eigenvalue weighted by molar-refractivity contribution is -0.274. The molecule has 7 nitrogen and oxygen atoms in total. The number of halogens is 4. The molecule has 1 N–H and O–H groups in total. The Kier molecular flexibility index (Phi) is 5.75. The molecule has 2 heterocycles. The predicted octanol–water partition coefficient (Wildman–Crippen LogP) is 4.91. The standard InChI is InChI=1S/C19H13BrF3N5O2S/c1-28-14-7-2-10(20)8-13(14)16-17(28)25-18(27-26-16)31-9-15(29)24-11-3-5-12(6-4-11)30-19(21,22)23/h2-8H,9H2,1H3,(H,24,29). The smallest absolute Gasteiger partial charge is 0.406 e. The highest BCUT2D eigenvalue weighted by molar-refractivity contribution is 9.10. The minimum absolute atomic E-state index is 0.00345. The summed E-state index contributed by atoms with van der Waals surface area (Å²) in [6.45, 7) is 0. The van der Waals surface area contributed by atoms with Gasteiger partial charge in [0.25, 0.3) is 0 Å². The van der Waals surface area contributed by atoms with Gasteiger partial charge in [0, 0.05) is 22.6 Å². The molecule has 0 atom stereocenters. The number of carbonyl (C=O) groups excluding carboxylic acids is 1. The highest BCUT2D eigenvalue weighted by Gasteiger charge is 2.31. The number of thioether (sulfide) groups is 1. The topological polar surface area (TPSA) is 81.9 Å². The summed E-state index contributed by atoms with van der Waals surface area (Å²) in [7, 11) is 1.88. The van der Waals surface area contributed by atoms with Crippen LogP contribution in [0.3, 0.4) is 0 Å². The zero-order chi connectivity index (χ0) is 22.2. The maximum absolute atomic E-state index is 12.2. The summed E-state index contributed by atoms with van der Waals surface area (Å²) in [4.78, 5) is 16.7. The molecule has 31 heavy (non-hydrogen) atoms. The SMILES string of the molecule is Cn1c2ccc(Br)cc2c2nnc(SCC(=O)Nc3ccc(OC(F)(F)F)cc3)nc21. The maximum Gasteiger partial charge on any atom is 0.573 e. The summed E-state index contributed by atoms with van der Waals surface area (Å²) in [5.41, 5.74) is 2.60. The van der Waals surface area contributed by atoms with E-state index in [4.69, 9.17) is 0 Å². The molecule has 2 aromatic carbocycles. The fourth-order valence-corrected chi connectivity index (χ4v) is 3.89. The van der Waals surface area contributed by atoms with Crippen molar-refractivity contribution in [2.45, 2.75) is 11.5 Å². The minimum atomic E-state index is -4.77. The number of aryl methyl sites for hydroxylation is 1. The van der Waals surface area contributed by atoms with Gasteiger partial charge in [-0.15, -0.1) is 23.4 Å².